The van der Waals surface area contributed by atoms with Crippen molar-refractivity contribution in [1.82, 2.24) is 10.3 Å². The van der Waals surface area contributed by atoms with Crippen LogP contribution in [0.5, 0.6) is 0 Å². The molecule has 0 radical (unpaired) electrons. The minimum Gasteiger partial charge on any atom is -0.469 e. The first kappa shape index (κ1) is 61.3. The summed E-state index contributed by atoms with van der Waals surface area (Å²) in [6.07, 6.45) is 1.39. The molecule has 0 N–H and O–H groups in total. The van der Waals surface area contributed by atoms with Crippen molar-refractivity contribution in [2.45, 2.75) is 175 Å². The summed E-state index contributed by atoms with van der Waals surface area (Å²) in [6.45, 7) is 36.4. The van der Waals surface area contributed by atoms with Gasteiger partial charge in [0.15, 0.2) is 0 Å². The molecule has 0 saturated carbocycles. The van der Waals surface area contributed by atoms with Crippen LogP contribution in [0.2, 0.25) is 0 Å². The minimum atomic E-state index is -0.354. The first-order chi connectivity index (χ1) is 28.2. The van der Waals surface area contributed by atoms with Crippen LogP contribution < -0.4 is 0 Å². The number of methoxy groups -OCH3 is 2. The van der Waals surface area contributed by atoms with E-state index >= 15 is 0 Å². The molecule has 0 saturated heterocycles. The maximum absolute atomic E-state index is 13.0. The normalized spacial score (nSPS) is 11.2. The first-order valence-electron chi connectivity index (χ1n) is 21.3. The number of aromatic nitrogens is 2. The van der Waals surface area contributed by atoms with Gasteiger partial charge in [0.25, 0.3) is 0 Å². The topological polar surface area (TPSA) is 139 Å². The Balaban J connectivity index is 0. The monoisotopic (exact) mass is 1310 g/mol. The van der Waals surface area contributed by atoms with E-state index in [0.29, 0.717) is 35.7 Å². The van der Waals surface area contributed by atoms with Crippen LogP contribution >= 0.6 is 0 Å². The summed E-state index contributed by atoms with van der Waals surface area (Å²) in [7, 11) is 2.71. The Kier molecular flexibility index (Phi) is 28.6. The predicted octanol–water partition coefficient (Wildman–Crippen LogP) is 11.4. The van der Waals surface area contributed by atoms with Crippen molar-refractivity contribution in [1.29, 1.82) is 0 Å². The SMILES string of the molecule is CC.CC.COC(=O)C[C@@H](CC(=O)Cc1c(C)c(C)c(C)c(C)c1C)c1noc(C)c1C.COC(=O)C[C@H](CC(=O)Cc1c(C)c(C)c(C)c(C)c1C)c1noc(C)c1C.[U].[U]. The van der Waals surface area contributed by atoms with Gasteiger partial charge >= 0.3 is 11.9 Å². The van der Waals surface area contributed by atoms with Gasteiger partial charge in [0, 0.05) is 111 Å². The zero-order valence-corrected chi connectivity index (χ0v) is 49.9. The Morgan fingerprint density at radius 1 is 0.419 bits per heavy atom. The number of carbonyl (C=O) groups is 4. The fourth-order valence-corrected chi connectivity index (χ4v) is 7.51. The molecule has 0 spiro atoms. The van der Waals surface area contributed by atoms with E-state index in [2.05, 4.69) is 79.6 Å². The Labute approximate surface area is 420 Å². The number of hydrogen-bond donors (Lipinski definition) is 0. The molecule has 62 heavy (non-hydrogen) atoms. The fraction of sp³-hybridized carbons (Fsp3) is 0.560. The summed E-state index contributed by atoms with van der Waals surface area (Å²) in [6, 6.07) is 0. The van der Waals surface area contributed by atoms with Gasteiger partial charge in [0.2, 0.25) is 0 Å². The molecule has 0 bridgehead atoms. The number of rotatable bonds is 14. The van der Waals surface area contributed by atoms with Crippen LogP contribution in [0.1, 0.15) is 166 Å². The van der Waals surface area contributed by atoms with Gasteiger partial charge in [-0.3, -0.25) is 19.2 Å². The predicted molar refractivity (Wildman–Crippen MR) is 240 cm³/mol. The Morgan fingerprint density at radius 2 is 0.661 bits per heavy atom. The van der Waals surface area contributed by atoms with Crippen molar-refractivity contribution in [2.75, 3.05) is 14.2 Å². The van der Waals surface area contributed by atoms with Crippen molar-refractivity contribution in [3.8, 4) is 0 Å². The molecule has 12 heteroatoms. The van der Waals surface area contributed by atoms with Gasteiger partial charge in [-0.25, -0.2) is 0 Å². The molecule has 0 amide bonds. The molecular weight excluding hydrogens is 1230 g/mol. The molecular formula is C50H74N2O8U2. The third-order valence-electron chi connectivity index (χ3n) is 12.4. The third-order valence-corrected chi connectivity index (χ3v) is 12.4. The quantitative estimate of drug-likeness (QED) is 0.112. The van der Waals surface area contributed by atoms with Gasteiger partial charge in [-0.1, -0.05) is 38.0 Å². The first-order valence-corrected chi connectivity index (χ1v) is 21.3. The van der Waals surface area contributed by atoms with E-state index < -0.39 is 0 Å². The van der Waals surface area contributed by atoms with E-state index in [1.807, 2.05) is 55.4 Å². The average molecular weight is 1310 g/mol. The van der Waals surface area contributed by atoms with Gasteiger partial charge in [-0.05, 0) is 164 Å². The second-order valence-electron chi connectivity index (χ2n) is 15.5. The number of carbonyl (C=O) groups excluding carboxylic acids is 4. The molecule has 2 aromatic heterocycles. The molecule has 0 unspecified atom stereocenters. The number of Topliss-reactive ketones (excluding diaryl/α,β-unsaturated/α-hetero) is 2. The second kappa shape index (κ2) is 28.9. The van der Waals surface area contributed by atoms with Crippen LogP contribution in [-0.4, -0.2) is 48.0 Å². The van der Waals surface area contributed by atoms with E-state index in [0.717, 1.165) is 22.3 Å². The largest absolute Gasteiger partial charge is 0.469 e. The molecule has 2 aromatic carbocycles. The van der Waals surface area contributed by atoms with Crippen molar-refractivity contribution in [3.05, 3.63) is 101 Å². The maximum Gasteiger partial charge on any atom is 0.306 e. The number of hydrogen-bond acceptors (Lipinski definition) is 10. The summed E-state index contributed by atoms with van der Waals surface area (Å²) in [5.41, 5.74) is 17.5. The summed E-state index contributed by atoms with van der Waals surface area (Å²) in [5.74, 6) is 0.184. The van der Waals surface area contributed by atoms with Crippen LogP contribution in [-0.2, 0) is 41.5 Å². The van der Waals surface area contributed by atoms with E-state index in [-0.39, 0.29) is 123 Å². The molecule has 0 aliphatic rings. The standard InChI is InChI=1S/2C23H31NO4.2C2H6.2U/c2*1-12-13(2)15(4)21(16(5)14(12)3)11-20(25)9-19(10-22(26)27-8)23-17(6)18(7)28-24-23;2*1-2;;/h2*19H,9-11H2,1-8H3;2*1-2H3;;/t2*19-;;;;/m10..../s1. The molecule has 10 nitrogen and oxygen atoms in total. The Bertz CT molecular complexity index is 1920. The molecule has 4 rings (SSSR count). The van der Waals surface area contributed by atoms with E-state index in [1.54, 1.807) is 0 Å². The van der Waals surface area contributed by atoms with Crippen molar-refractivity contribution in [3.63, 3.8) is 0 Å². The fourth-order valence-electron chi connectivity index (χ4n) is 7.51. The smallest absolute Gasteiger partial charge is 0.306 e. The molecule has 4 aromatic rings. The summed E-state index contributed by atoms with van der Waals surface area (Å²) in [4.78, 5) is 49.8. The molecule has 2 heterocycles. The molecule has 0 aliphatic heterocycles. The number of nitrogens with zero attached hydrogens (tertiary/aromatic N) is 2. The molecule has 0 fully saturated rings. The summed E-state index contributed by atoms with van der Waals surface area (Å²) in [5, 5.41) is 8.21. The van der Waals surface area contributed by atoms with Crippen LogP contribution in [0.25, 0.3) is 0 Å². The van der Waals surface area contributed by atoms with Crippen molar-refractivity contribution >= 4 is 23.5 Å². The Morgan fingerprint density at radius 3 is 0.871 bits per heavy atom. The summed E-state index contributed by atoms with van der Waals surface area (Å²) >= 11 is 0. The zero-order chi connectivity index (χ0) is 46.3. The van der Waals surface area contributed by atoms with Crippen LogP contribution in [0.15, 0.2) is 9.05 Å². The van der Waals surface area contributed by atoms with E-state index in [9.17, 15) is 19.2 Å². The molecule has 2 atom stereocenters. The molecule has 0 aliphatic carbocycles. The van der Waals surface area contributed by atoms with Crippen LogP contribution in [0.4, 0.5) is 0 Å². The van der Waals surface area contributed by atoms with Gasteiger partial charge < -0.3 is 18.5 Å². The zero-order valence-electron chi connectivity index (χ0n) is 41.6. The molecule has 340 valence electrons. The number of aryl methyl sites for hydroxylation is 2. The van der Waals surface area contributed by atoms with Gasteiger partial charge in [-0.15, -0.1) is 0 Å². The van der Waals surface area contributed by atoms with Crippen molar-refractivity contribution < 1.29 is 99.9 Å². The second-order valence-corrected chi connectivity index (χ2v) is 15.5. The van der Waals surface area contributed by atoms with Gasteiger partial charge in [0.1, 0.15) is 23.1 Å². The third kappa shape index (κ3) is 15.7. The van der Waals surface area contributed by atoms with Gasteiger partial charge in [0.05, 0.1) is 38.4 Å². The maximum atomic E-state index is 13.0. The van der Waals surface area contributed by atoms with Crippen LogP contribution in [0, 0.1) is 159 Å². The van der Waals surface area contributed by atoms with E-state index in [1.165, 1.54) is 69.9 Å². The van der Waals surface area contributed by atoms with Gasteiger partial charge in [-0.2, -0.15) is 0 Å². The van der Waals surface area contributed by atoms with Crippen molar-refractivity contribution in [2.24, 2.45) is 0 Å². The van der Waals surface area contributed by atoms with Crippen LogP contribution in [0.3, 0.4) is 0 Å². The van der Waals surface area contributed by atoms with E-state index in [4.69, 9.17) is 18.5 Å². The Hall–Kier alpha value is -2.76. The summed E-state index contributed by atoms with van der Waals surface area (Å²) < 4.78 is 20.2. The minimum absolute atomic E-state index is 0. The number of benzene rings is 2. The number of ketones is 2. The number of ether oxygens (including phenoxy) is 2. The number of esters is 2. The average Bonchev–Trinajstić information content (AvgIpc) is 3.76.